The fourth-order valence-corrected chi connectivity index (χ4v) is 5.20. The van der Waals surface area contributed by atoms with Crippen molar-refractivity contribution < 1.29 is 9.53 Å². The van der Waals surface area contributed by atoms with Crippen LogP contribution in [0.25, 0.3) is 0 Å². The number of amidine groups is 1. The summed E-state index contributed by atoms with van der Waals surface area (Å²) in [5.74, 6) is 0.292. The van der Waals surface area contributed by atoms with Gasteiger partial charge in [0.25, 0.3) is 0 Å². The summed E-state index contributed by atoms with van der Waals surface area (Å²) in [5.41, 5.74) is 2.73. The number of morpholine rings is 1. The number of ether oxygens (including phenoxy) is 1. The Hall–Kier alpha value is -2.87. The summed E-state index contributed by atoms with van der Waals surface area (Å²) in [6, 6.07) is 20.0. The number of para-hydroxylation sites is 1. The van der Waals surface area contributed by atoms with Crippen molar-refractivity contribution >= 4 is 51.6 Å². The van der Waals surface area contributed by atoms with E-state index in [2.05, 4.69) is 11.0 Å². The number of carbonyl (C=O) groups is 1. The van der Waals surface area contributed by atoms with Gasteiger partial charge in [0.1, 0.15) is 0 Å². The number of halogens is 1. The van der Waals surface area contributed by atoms with Gasteiger partial charge < -0.3 is 9.64 Å². The zero-order valence-corrected chi connectivity index (χ0v) is 19.2. The summed E-state index contributed by atoms with van der Waals surface area (Å²) in [5, 5.41) is 9.35. The number of ketones is 1. The molecule has 0 amide bonds. The molecule has 1 aromatic heterocycles. The molecule has 0 saturated carbocycles. The zero-order valence-electron chi connectivity index (χ0n) is 17.6. The molecule has 2 aliphatic heterocycles. The third-order valence-electron chi connectivity index (χ3n) is 5.60. The second kappa shape index (κ2) is 8.94. The lowest BCUT2D eigenvalue weighted by molar-refractivity contribution is -0.111. The minimum absolute atomic E-state index is 0.0987. The van der Waals surface area contributed by atoms with E-state index in [1.54, 1.807) is 18.3 Å². The van der Waals surface area contributed by atoms with Crippen molar-refractivity contribution in [3.8, 4) is 0 Å². The quantitative estimate of drug-likeness (QED) is 0.519. The molecule has 164 valence electrons. The molecule has 0 N–H and O–H groups in total. The predicted octanol–water partition coefficient (Wildman–Crippen LogP) is 5.17. The summed E-state index contributed by atoms with van der Waals surface area (Å²) in [7, 11) is 0. The van der Waals surface area contributed by atoms with Gasteiger partial charge in [-0.1, -0.05) is 35.9 Å². The number of rotatable bonds is 5. The van der Waals surface area contributed by atoms with E-state index in [4.69, 9.17) is 21.4 Å². The van der Waals surface area contributed by atoms with E-state index in [1.807, 2.05) is 69.9 Å². The van der Waals surface area contributed by atoms with Crippen LogP contribution in [0.4, 0.5) is 17.1 Å². The van der Waals surface area contributed by atoms with Gasteiger partial charge in [0.15, 0.2) is 17.8 Å². The lowest BCUT2D eigenvalue weighted by Crippen LogP contribution is -2.38. The Bertz CT molecular complexity index is 1130. The predicted molar refractivity (Wildman–Crippen MR) is 131 cm³/mol. The summed E-state index contributed by atoms with van der Waals surface area (Å²) in [4.78, 5) is 18.0. The van der Waals surface area contributed by atoms with Gasteiger partial charge in [0.05, 0.1) is 29.6 Å². The highest BCUT2D eigenvalue weighted by Gasteiger charge is 2.40. The first-order chi connectivity index (χ1) is 15.6. The molecule has 3 aromatic rings. The maximum atomic E-state index is 12.7. The van der Waals surface area contributed by atoms with E-state index in [0.717, 1.165) is 35.0 Å². The number of thiophene rings is 1. The Morgan fingerprint density at radius 2 is 1.84 bits per heavy atom. The van der Waals surface area contributed by atoms with Crippen LogP contribution in [0.15, 0.2) is 71.1 Å². The molecule has 1 fully saturated rings. The number of hydrazone groups is 1. The van der Waals surface area contributed by atoms with Crippen LogP contribution < -0.4 is 14.8 Å². The maximum absolute atomic E-state index is 12.7. The number of carbonyl (C=O) groups excluding carboxylic acids is 1. The molecule has 0 radical (unpaired) electrons. The Labute approximate surface area is 196 Å². The average Bonchev–Trinajstić information content (AvgIpc) is 3.48. The van der Waals surface area contributed by atoms with Gasteiger partial charge in [0, 0.05) is 30.6 Å². The van der Waals surface area contributed by atoms with E-state index in [0.29, 0.717) is 24.1 Å². The van der Waals surface area contributed by atoms with Crippen molar-refractivity contribution in [2.75, 3.05) is 41.1 Å². The Morgan fingerprint density at radius 1 is 1.06 bits per heavy atom. The molecule has 0 spiro atoms. The van der Waals surface area contributed by atoms with Crippen LogP contribution >= 0.6 is 22.9 Å². The first kappa shape index (κ1) is 21.0. The number of hydrogen-bond donors (Lipinski definition) is 0. The summed E-state index contributed by atoms with van der Waals surface area (Å²) in [6.07, 6.45) is -0.276. The Balaban J connectivity index is 1.58. The molecule has 6 nitrogen and oxygen atoms in total. The number of benzene rings is 2. The van der Waals surface area contributed by atoms with Crippen LogP contribution in [-0.2, 0) is 9.53 Å². The monoisotopic (exact) mass is 466 g/mol. The van der Waals surface area contributed by atoms with E-state index < -0.39 is 0 Å². The van der Waals surface area contributed by atoms with Gasteiger partial charge in [-0.15, -0.1) is 16.4 Å². The van der Waals surface area contributed by atoms with Crippen molar-refractivity contribution in [2.45, 2.75) is 13.1 Å². The van der Waals surface area contributed by atoms with Gasteiger partial charge >= 0.3 is 0 Å². The Kier molecular flexibility index (Phi) is 5.87. The van der Waals surface area contributed by atoms with Crippen molar-refractivity contribution in [1.29, 1.82) is 0 Å². The molecular weight excluding hydrogens is 444 g/mol. The van der Waals surface area contributed by atoms with Gasteiger partial charge in [-0.25, -0.2) is 5.01 Å². The molecule has 5 rings (SSSR count). The molecule has 32 heavy (non-hydrogen) atoms. The number of nitrogens with zero attached hydrogens (tertiary/aromatic N) is 4. The largest absolute Gasteiger partial charge is 0.378 e. The molecule has 0 unspecified atom stereocenters. The van der Waals surface area contributed by atoms with Crippen LogP contribution in [0.1, 0.15) is 18.0 Å². The molecular formula is C24H23ClN4O2S. The second-order valence-electron chi connectivity index (χ2n) is 7.65. The van der Waals surface area contributed by atoms with Crippen molar-refractivity contribution in [1.82, 2.24) is 0 Å². The van der Waals surface area contributed by atoms with E-state index in [9.17, 15) is 4.79 Å². The third kappa shape index (κ3) is 3.88. The minimum Gasteiger partial charge on any atom is -0.378 e. The summed E-state index contributed by atoms with van der Waals surface area (Å²) in [6.45, 7) is 4.55. The zero-order chi connectivity index (χ0) is 22.1. The van der Waals surface area contributed by atoms with Crippen LogP contribution in [-0.4, -0.2) is 37.9 Å². The van der Waals surface area contributed by atoms with E-state index in [1.165, 1.54) is 0 Å². The molecule has 1 saturated heterocycles. The fraction of sp³-hybridized carbons (Fsp3) is 0.250. The maximum Gasteiger partial charge on any atom is 0.198 e. The van der Waals surface area contributed by atoms with E-state index >= 15 is 0 Å². The number of Topliss-reactive ketones (excluding diaryl/α,β-unsaturated/α-hetero) is 1. The number of hydrogen-bond acceptors (Lipinski definition) is 7. The highest BCUT2D eigenvalue weighted by molar-refractivity contribution is 7.10. The standard InChI is InChI=1S/C24H23ClN4O2S/c1-17(30)23-26-29(18-6-3-2-4-7-18)24(22-8-5-15-32-22)28(23)19-9-10-21(20(25)16-19)27-11-13-31-14-12-27/h2-10,15-16,24H,11-14H2,1H3/t24-/m0/s1. The smallest absolute Gasteiger partial charge is 0.198 e. The van der Waals surface area contributed by atoms with Crippen molar-refractivity contribution in [2.24, 2.45) is 5.10 Å². The highest BCUT2D eigenvalue weighted by Crippen LogP contribution is 2.42. The molecule has 2 aliphatic rings. The van der Waals surface area contributed by atoms with Crippen molar-refractivity contribution in [3.05, 3.63) is 75.9 Å². The Morgan fingerprint density at radius 3 is 2.50 bits per heavy atom. The van der Waals surface area contributed by atoms with Gasteiger partial charge in [-0.2, -0.15) is 0 Å². The van der Waals surface area contributed by atoms with Gasteiger partial charge in [-0.3, -0.25) is 9.69 Å². The average molecular weight is 467 g/mol. The minimum atomic E-state index is -0.276. The lowest BCUT2D eigenvalue weighted by Gasteiger charge is -2.32. The molecule has 8 heteroatoms. The van der Waals surface area contributed by atoms with Gasteiger partial charge in [-0.05, 0) is 41.8 Å². The van der Waals surface area contributed by atoms with Gasteiger partial charge in [0.2, 0.25) is 0 Å². The molecule has 3 heterocycles. The summed E-state index contributed by atoms with van der Waals surface area (Å²) < 4.78 is 5.47. The normalized spacial score (nSPS) is 18.8. The van der Waals surface area contributed by atoms with Crippen molar-refractivity contribution in [3.63, 3.8) is 0 Å². The van der Waals surface area contributed by atoms with Crippen LogP contribution in [0, 0.1) is 0 Å². The van der Waals surface area contributed by atoms with Crippen LogP contribution in [0.3, 0.4) is 0 Å². The topological polar surface area (TPSA) is 48.4 Å². The van der Waals surface area contributed by atoms with Crippen LogP contribution in [0.2, 0.25) is 5.02 Å². The van der Waals surface area contributed by atoms with E-state index in [-0.39, 0.29) is 11.9 Å². The third-order valence-corrected chi connectivity index (χ3v) is 6.82. The summed E-state index contributed by atoms with van der Waals surface area (Å²) >= 11 is 8.39. The highest BCUT2D eigenvalue weighted by atomic mass is 35.5. The number of anilines is 3. The lowest BCUT2D eigenvalue weighted by atomic mass is 10.2. The first-order valence-corrected chi connectivity index (χ1v) is 11.8. The molecule has 0 aliphatic carbocycles. The second-order valence-corrected chi connectivity index (χ2v) is 9.04. The SMILES string of the molecule is CC(=O)C1=NN(c2ccccc2)[C@@H](c2cccs2)N1c1ccc(N2CCOCC2)c(Cl)c1. The molecule has 1 atom stereocenters. The molecule has 2 aromatic carbocycles. The van der Waals surface area contributed by atoms with Crippen LogP contribution in [0.5, 0.6) is 0 Å². The fourth-order valence-electron chi connectivity index (χ4n) is 4.11. The molecule has 0 bridgehead atoms. The first-order valence-electron chi connectivity index (χ1n) is 10.5.